The summed E-state index contributed by atoms with van der Waals surface area (Å²) in [6, 6.07) is 14.7. The Morgan fingerprint density at radius 1 is 1.14 bits per heavy atom. The number of hydrogen-bond donors (Lipinski definition) is 2. The minimum absolute atomic E-state index is 0.0721. The smallest absolute Gasteiger partial charge is 0.253 e. The summed E-state index contributed by atoms with van der Waals surface area (Å²) < 4.78 is 0. The molecular weight excluding hydrogens is 284 g/mol. The third-order valence-corrected chi connectivity index (χ3v) is 3.61. The number of hydrogen-bond acceptors (Lipinski definition) is 2. The lowest BCUT2D eigenvalue weighted by Gasteiger charge is -2.23. The molecule has 0 aliphatic rings. The lowest BCUT2D eigenvalue weighted by atomic mass is 9.95. The van der Waals surface area contributed by atoms with Crippen molar-refractivity contribution in [2.24, 2.45) is 5.92 Å². The van der Waals surface area contributed by atoms with E-state index < -0.39 is 0 Å². The molecule has 0 aliphatic heterocycles. The van der Waals surface area contributed by atoms with Gasteiger partial charge in [0.05, 0.1) is 11.6 Å². The average molecular weight is 303 g/mol. The van der Waals surface area contributed by atoms with E-state index in [1.54, 1.807) is 18.2 Å². The van der Waals surface area contributed by atoms with Gasteiger partial charge in [0, 0.05) is 10.7 Å². The number of anilines is 1. The van der Waals surface area contributed by atoms with Gasteiger partial charge in [-0.05, 0) is 29.7 Å². The summed E-state index contributed by atoms with van der Waals surface area (Å²) in [7, 11) is 0. The highest BCUT2D eigenvalue weighted by atomic mass is 35.5. The first-order valence-electron chi connectivity index (χ1n) is 6.90. The standard InChI is InChI=1S/C17H19ClN2O/c1-11(2)16(12-6-4-3-5-7-12)20-17(21)14-10-13(18)8-9-15(14)19/h3-11,16H,19H2,1-2H3,(H,20,21). The van der Waals surface area contributed by atoms with Crippen LogP contribution in [0.4, 0.5) is 5.69 Å². The second-order valence-electron chi connectivity index (χ2n) is 5.34. The highest BCUT2D eigenvalue weighted by Crippen LogP contribution is 2.24. The van der Waals surface area contributed by atoms with Crippen molar-refractivity contribution in [1.82, 2.24) is 5.32 Å². The van der Waals surface area contributed by atoms with Crippen LogP contribution in [0.15, 0.2) is 48.5 Å². The van der Waals surface area contributed by atoms with E-state index >= 15 is 0 Å². The average Bonchev–Trinajstić information content (AvgIpc) is 2.47. The Morgan fingerprint density at radius 2 is 1.81 bits per heavy atom. The monoisotopic (exact) mass is 302 g/mol. The Balaban J connectivity index is 2.25. The number of halogens is 1. The van der Waals surface area contributed by atoms with Gasteiger partial charge in [-0.3, -0.25) is 4.79 Å². The van der Waals surface area contributed by atoms with Crippen LogP contribution in [0.2, 0.25) is 5.02 Å². The second-order valence-corrected chi connectivity index (χ2v) is 5.77. The van der Waals surface area contributed by atoms with Crippen LogP contribution in [0.1, 0.15) is 35.8 Å². The highest BCUT2D eigenvalue weighted by molar-refractivity contribution is 6.31. The molecule has 0 spiro atoms. The van der Waals surface area contributed by atoms with Gasteiger partial charge in [-0.1, -0.05) is 55.8 Å². The SMILES string of the molecule is CC(C)C(NC(=O)c1cc(Cl)ccc1N)c1ccccc1. The third-order valence-electron chi connectivity index (χ3n) is 3.37. The van der Waals surface area contributed by atoms with Crippen LogP contribution in [0.5, 0.6) is 0 Å². The van der Waals surface area contributed by atoms with Crippen LogP contribution in [-0.4, -0.2) is 5.91 Å². The summed E-state index contributed by atoms with van der Waals surface area (Å²) in [6.07, 6.45) is 0. The molecule has 1 amide bonds. The molecule has 0 fully saturated rings. The summed E-state index contributed by atoms with van der Waals surface area (Å²) >= 11 is 5.94. The van der Waals surface area contributed by atoms with Gasteiger partial charge >= 0.3 is 0 Å². The third kappa shape index (κ3) is 3.76. The van der Waals surface area contributed by atoms with Crippen molar-refractivity contribution >= 4 is 23.2 Å². The molecule has 21 heavy (non-hydrogen) atoms. The Hall–Kier alpha value is -2.00. The molecule has 0 radical (unpaired) electrons. The van der Waals surface area contributed by atoms with Gasteiger partial charge in [0.1, 0.15) is 0 Å². The predicted molar refractivity (Wildman–Crippen MR) is 87.4 cm³/mol. The molecule has 4 heteroatoms. The van der Waals surface area contributed by atoms with Gasteiger partial charge in [-0.2, -0.15) is 0 Å². The van der Waals surface area contributed by atoms with Crippen LogP contribution in [0.3, 0.4) is 0 Å². The first-order valence-corrected chi connectivity index (χ1v) is 7.27. The minimum atomic E-state index is -0.211. The van der Waals surface area contributed by atoms with Crippen molar-refractivity contribution < 1.29 is 4.79 Å². The molecule has 0 saturated carbocycles. The van der Waals surface area contributed by atoms with Gasteiger partial charge in [0.2, 0.25) is 0 Å². The van der Waals surface area contributed by atoms with Crippen LogP contribution < -0.4 is 11.1 Å². The summed E-state index contributed by atoms with van der Waals surface area (Å²) in [4.78, 5) is 12.5. The number of amides is 1. The fourth-order valence-electron chi connectivity index (χ4n) is 2.24. The number of nitrogens with two attached hydrogens (primary N) is 1. The number of nitrogens with one attached hydrogen (secondary N) is 1. The van der Waals surface area contributed by atoms with Crippen LogP contribution in [0, 0.1) is 5.92 Å². The van der Waals surface area contributed by atoms with Gasteiger partial charge in [-0.15, -0.1) is 0 Å². The Morgan fingerprint density at radius 3 is 2.43 bits per heavy atom. The number of nitrogen functional groups attached to an aromatic ring is 1. The summed E-state index contributed by atoms with van der Waals surface area (Å²) in [5, 5.41) is 3.54. The van der Waals surface area contributed by atoms with Crippen molar-refractivity contribution in [3.8, 4) is 0 Å². The number of carbonyl (C=O) groups is 1. The van der Waals surface area contributed by atoms with Crippen LogP contribution in [-0.2, 0) is 0 Å². The minimum Gasteiger partial charge on any atom is -0.398 e. The molecule has 110 valence electrons. The Labute approximate surface area is 130 Å². The quantitative estimate of drug-likeness (QED) is 0.837. The lowest BCUT2D eigenvalue weighted by molar-refractivity contribution is 0.0926. The Bertz CT molecular complexity index is 626. The van der Waals surface area contributed by atoms with E-state index in [9.17, 15) is 4.79 Å². The maximum absolute atomic E-state index is 12.5. The lowest BCUT2D eigenvalue weighted by Crippen LogP contribution is -2.32. The Kier molecular flexibility index (Phi) is 4.86. The van der Waals surface area contributed by atoms with E-state index in [0.717, 1.165) is 5.56 Å². The summed E-state index contributed by atoms with van der Waals surface area (Å²) in [6.45, 7) is 4.14. The van der Waals surface area contributed by atoms with Crippen molar-refractivity contribution in [3.63, 3.8) is 0 Å². The largest absolute Gasteiger partial charge is 0.398 e. The van der Waals surface area contributed by atoms with E-state index in [-0.39, 0.29) is 17.9 Å². The molecule has 3 N–H and O–H groups in total. The zero-order valence-corrected chi connectivity index (χ0v) is 12.9. The maximum Gasteiger partial charge on any atom is 0.253 e. The summed E-state index contributed by atoms with van der Waals surface area (Å²) in [5.41, 5.74) is 7.76. The highest BCUT2D eigenvalue weighted by Gasteiger charge is 2.20. The van der Waals surface area contributed by atoms with E-state index in [4.69, 9.17) is 17.3 Å². The molecular formula is C17H19ClN2O. The molecule has 1 atom stereocenters. The topological polar surface area (TPSA) is 55.1 Å². The molecule has 0 aromatic heterocycles. The fraction of sp³-hybridized carbons (Fsp3) is 0.235. The van der Waals surface area contributed by atoms with Gasteiger partial charge < -0.3 is 11.1 Å². The van der Waals surface area contributed by atoms with Crippen LogP contribution >= 0.6 is 11.6 Å². The molecule has 0 heterocycles. The van der Waals surface area contributed by atoms with E-state index in [1.165, 1.54) is 0 Å². The zero-order chi connectivity index (χ0) is 15.4. The van der Waals surface area contributed by atoms with Gasteiger partial charge in [0.15, 0.2) is 0 Å². The van der Waals surface area contributed by atoms with E-state index in [2.05, 4.69) is 19.2 Å². The maximum atomic E-state index is 12.5. The second kappa shape index (κ2) is 6.64. The number of rotatable bonds is 4. The summed E-state index contributed by atoms with van der Waals surface area (Å²) in [5.74, 6) is 0.0503. The molecule has 2 aromatic carbocycles. The molecule has 0 bridgehead atoms. The van der Waals surface area contributed by atoms with E-state index in [1.807, 2.05) is 30.3 Å². The first-order chi connectivity index (χ1) is 9.99. The normalized spacial score (nSPS) is 12.2. The molecule has 2 aromatic rings. The molecule has 3 nitrogen and oxygen atoms in total. The van der Waals surface area contributed by atoms with E-state index in [0.29, 0.717) is 16.3 Å². The molecule has 2 rings (SSSR count). The first kappa shape index (κ1) is 15.4. The number of carbonyl (C=O) groups excluding carboxylic acids is 1. The van der Waals surface area contributed by atoms with Gasteiger partial charge in [-0.25, -0.2) is 0 Å². The number of benzene rings is 2. The fourth-order valence-corrected chi connectivity index (χ4v) is 2.41. The van der Waals surface area contributed by atoms with Crippen molar-refractivity contribution in [2.75, 3.05) is 5.73 Å². The van der Waals surface area contributed by atoms with Crippen molar-refractivity contribution in [1.29, 1.82) is 0 Å². The van der Waals surface area contributed by atoms with Crippen molar-refractivity contribution in [2.45, 2.75) is 19.9 Å². The zero-order valence-electron chi connectivity index (χ0n) is 12.1. The molecule has 1 unspecified atom stereocenters. The van der Waals surface area contributed by atoms with Crippen molar-refractivity contribution in [3.05, 3.63) is 64.7 Å². The predicted octanol–water partition coefficient (Wildman–Crippen LogP) is 4.05. The molecule has 0 aliphatic carbocycles. The van der Waals surface area contributed by atoms with Gasteiger partial charge in [0.25, 0.3) is 5.91 Å². The molecule has 0 saturated heterocycles. The van der Waals surface area contributed by atoms with Crippen LogP contribution in [0.25, 0.3) is 0 Å².